The Morgan fingerprint density at radius 3 is 3.00 bits per heavy atom. The summed E-state index contributed by atoms with van der Waals surface area (Å²) in [6, 6.07) is 0. The normalized spacial score (nSPS) is 10.0. The quantitative estimate of drug-likeness (QED) is 0.411. The van der Waals surface area contributed by atoms with Crippen LogP contribution in [0.2, 0.25) is 0 Å². The van der Waals surface area contributed by atoms with Gasteiger partial charge in [-0.1, -0.05) is 0 Å². The molecule has 0 aliphatic heterocycles. The number of ether oxygens (including phenoxy) is 1. The van der Waals surface area contributed by atoms with Gasteiger partial charge in [0, 0.05) is 6.92 Å². The number of esters is 1. The standard InChI is InChI=1S/C8H10N3O4/c1-6-9-5-8(11(13)14)10(6)3-4-15-7(2)12/h5H,2-4H2,1H3. The zero-order valence-electron chi connectivity index (χ0n) is 8.17. The third-order valence-corrected chi connectivity index (χ3v) is 1.80. The Morgan fingerprint density at radius 1 is 1.80 bits per heavy atom. The van der Waals surface area contributed by atoms with Crippen LogP contribution in [0, 0.1) is 24.0 Å². The lowest BCUT2D eigenvalue weighted by Gasteiger charge is -2.02. The molecule has 1 aromatic heterocycles. The molecule has 0 saturated carbocycles. The summed E-state index contributed by atoms with van der Waals surface area (Å²) in [7, 11) is 0. The summed E-state index contributed by atoms with van der Waals surface area (Å²) in [5.41, 5.74) is 0. The molecule has 1 radical (unpaired) electrons. The summed E-state index contributed by atoms with van der Waals surface area (Å²) in [5, 5.41) is 10.6. The zero-order valence-corrected chi connectivity index (χ0v) is 8.17. The lowest BCUT2D eigenvalue weighted by Crippen LogP contribution is -2.12. The van der Waals surface area contributed by atoms with Crippen molar-refractivity contribution in [3.05, 3.63) is 29.1 Å². The molecule has 0 spiro atoms. The first kappa shape index (κ1) is 11.2. The van der Waals surface area contributed by atoms with Crippen LogP contribution in [0.5, 0.6) is 0 Å². The number of rotatable bonds is 4. The van der Waals surface area contributed by atoms with E-state index in [0.717, 1.165) is 0 Å². The summed E-state index contributed by atoms with van der Waals surface area (Å²) in [6.45, 7) is 4.90. The summed E-state index contributed by atoms with van der Waals surface area (Å²) < 4.78 is 5.95. The van der Waals surface area contributed by atoms with Crippen LogP contribution in [-0.2, 0) is 16.1 Å². The molecule has 0 fully saturated rings. The van der Waals surface area contributed by atoms with Crippen molar-refractivity contribution in [1.82, 2.24) is 9.55 Å². The smallest absolute Gasteiger partial charge is 0.342 e. The van der Waals surface area contributed by atoms with E-state index >= 15 is 0 Å². The average Bonchev–Trinajstić information content (AvgIpc) is 2.47. The van der Waals surface area contributed by atoms with E-state index in [9.17, 15) is 14.9 Å². The van der Waals surface area contributed by atoms with Crippen LogP contribution in [0.15, 0.2) is 6.20 Å². The van der Waals surface area contributed by atoms with Crippen LogP contribution < -0.4 is 0 Å². The van der Waals surface area contributed by atoms with Crippen LogP contribution in [0.25, 0.3) is 0 Å². The Hall–Kier alpha value is -1.92. The van der Waals surface area contributed by atoms with E-state index in [-0.39, 0.29) is 19.0 Å². The molecular formula is C8H10N3O4. The minimum atomic E-state index is -0.657. The van der Waals surface area contributed by atoms with E-state index in [4.69, 9.17) is 0 Å². The topological polar surface area (TPSA) is 87.3 Å². The van der Waals surface area contributed by atoms with Gasteiger partial charge in [-0.2, -0.15) is 0 Å². The number of imidazole rings is 1. The van der Waals surface area contributed by atoms with Crippen molar-refractivity contribution in [3.8, 4) is 0 Å². The molecule has 7 nitrogen and oxygen atoms in total. The number of nitro groups is 1. The molecule has 0 N–H and O–H groups in total. The van der Waals surface area contributed by atoms with Crippen molar-refractivity contribution in [2.75, 3.05) is 6.61 Å². The van der Waals surface area contributed by atoms with E-state index in [2.05, 4.69) is 16.6 Å². The third-order valence-electron chi connectivity index (χ3n) is 1.80. The predicted molar refractivity (Wildman–Crippen MR) is 49.9 cm³/mol. The highest BCUT2D eigenvalue weighted by Crippen LogP contribution is 2.12. The van der Waals surface area contributed by atoms with E-state index in [1.165, 1.54) is 10.8 Å². The minimum Gasteiger partial charge on any atom is -0.461 e. The van der Waals surface area contributed by atoms with Gasteiger partial charge in [-0.25, -0.2) is 9.55 Å². The molecule has 81 valence electrons. The van der Waals surface area contributed by atoms with Crippen molar-refractivity contribution < 1.29 is 14.5 Å². The lowest BCUT2D eigenvalue weighted by atomic mass is 10.6. The number of hydrogen-bond donors (Lipinski definition) is 0. The second-order valence-electron chi connectivity index (χ2n) is 2.79. The molecular weight excluding hydrogens is 202 g/mol. The number of aryl methyl sites for hydroxylation is 1. The highest BCUT2D eigenvalue weighted by atomic mass is 16.6. The van der Waals surface area contributed by atoms with E-state index < -0.39 is 10.9 Å². The van der Waals surface area contributed by atoms with Crippen molar-refractivity contribution in [2.45, 2.75) is 13.5 Å². The highest BCUT2D eigenvalue weighted by molar-refractivity contribution is 5.73. The van der Waals surface area contributed by atoms with Gasteiger partial charge < -0.3 is 14.9 Å². The summed E-state index contributed by atoms with van der Waals surface area (Å²) >= 11 is 0. The molecule has 0 bridgehead atoms. The van der Waals surface area contributed by atoms with Crippen molar-refractivity contribution in [1.29, 1.82) is 0 Å². The van der Waals surface area contributed by atoms with Gasteiger partial charge in [0.15, 0.2) is 5.82 Å². The molecule has 15 heavy (non-hydrogen) atoms. The minimum absolute atomic E-state index is 0.0420. The Morgan fingerprint density at radius 2 is 2.47 bits per heavy atom. The molecule has 0 saturated heterocycles. The molecule has 0 unspecified atom stereocenters. The van der Waals surface area contributed by atoms with Crippen molar-refractivity contribution in [3.63, 3.8) is 0 Å². The van der Waals surface area contributed by atoms with Gasteiger partial charge in [0.1, 0.15) is 19.3 Å². The van der Waals surface area contributed by atoms with Crippen LogP contribution >= 0.6 is 0 Å². The zero-order chi connectivity index (χ0) is 11.4. The second kappa shape index (κ2) is 4.54. The molecule has 1 rings (SSSR count). The molecule has 7 heteroatoms. The maximum absolute atomic E-state index is 10.6. The first-order valence-corrected chi connectivity index (χ1v) is 4.17. The fraction of sp³-hybridized carbons (Fsp3) is 0.375. The summed E-state index contributed by atoms with van der Waals surface area (Å²) in [6.07, 6.45) is 1.17. The fourth-order valence-electron chi connectivity index (χ4n) is 1.13. The molecule has 0 aromatic carbocycles. The van der Waals surface area contributed by atoms with E-state index in [1.54, 1.807) is 6.92 Å². The van der Waals surface area contributed by atoms with E-state index in [0.29, 0.717) is 5.82 Å². The fourth-order valence-corrected chi connectivity index (χ4v) is 1.13. The van der Waals surface area contributed by atoms with Gasteiger partial charge in [0.2, 0.25) is 0 Å². The Balaban J connectivity index is 2.70. The summed E-state index contributed by atoms with van der Waals surface area (Å²) in [4.78, 5) is 24.2. The molecule has 1 heterocycles. The SMILES string of the molecule is [CH2]C(=O)OCCn1c([N+](=O)[O-])cnc1C. The van der Waals surface area contributed by atoms with Crippen molar-refractivity contribution >= 4 is 11.8 Å². The maximum atomic E-state index is 10.6. The van der Waals surface area contributed by atoms with E-state index in [1.807, 2.05) is 0 Å². The third kappa shape index (κ3) is 2.76. The molecule has 0 aliphatic rings. The van der Waals surface area contributed by atoms with Gasteiger partial charge in [0.05, 0.1) is 6.92 Å². The number of carbonyl (C=O) groups excluding carboxylic acids is 1. The van der Waals surface area contributed by atoms with Crippen LogP contribution in [-0.4, -0.2) is 27.1 Å². The van der Waals surface area contributed by atoms with Gasteiger partial charge in [-0.3, -0.25) is 4.79 Å². The van der Waals surface area contributed by atoms with Gasteiger partial charge in [0.25, 0.3) is 0 Å². The second-order valence-corrected chi connectivity index (χ2v) is 2.79. The van der Waals surface area contributed by atoms with Gasteiger partial charge in [-0.05, 0) is 4.92 Å². The monoisotopic (exact) mass is 212 g/mol. The van der Waals surface area contributed by atoms with Crippen LogP contribution in [0.3, 0.4) is 0 Å². The number of aromatic nitrogens is 2. The van der Waals surface area contributed by atoms with Crippen molar-refractivity contribution in [2.24, 2.45) is 0 Å². The summed E-state index contributed by atoms with van der Waals surface area (Å²) in [5.74, 6) is -0.273. The average molecular weight is 212 g/mol. The maximum Gasteiger partial charge on any atom is 0.342 e. The largest absolute Gasteiger partial charge is 0.461 e. The number of hydrogen-bond acceptors (Lipinski definition) is 5. The van der Waals surface area contributed by atoms with Crippen LogP contribution in [0.1, 0.15) is 5.82 Å². The molecule has 0 atom stereocenters. The first-order valence-electron chi connectivity index (χ1n) is 4.17. The molecule has 0 aliphatic carbocycles. The predicted octanol–water partition coefficient (Wildman–Crippen LogP) is 0.477. The Bertz CT molecular complexity index is 385. The number of carbonyl (C=O) groups is 1. The molecule has 0 amide bonds. The lowest BCUT2D eigenvalue weighted by molar-refractivity contribution is -0.392. The number of nitrogens with zero attached hydrogens (tertiary/aromatic N) is 3. The first-order chi connectivity index (χ1) is 7.02. The van der Waals surface area contributed by atoms with Crippen LogP contribution in [0.4, 0.5) is 5.82 Å². The highest BCUT2D eigenvalue weighted by Gasteiger charge is 2.16. The Labute approximate surface area is 85.8 Å². The van der Waals surface area contributed by atoms with Gasteiger partial charge >= 0.3 is 11.8 Å². The van der Waals surface area contributed by atoms with Gasteiger partial charge in [-0.15, -0.1) is 0 Å². The Kier molecular flexibility index (Phi) is 3.37. The molecule has 1 aromatic rings.